The summed E-state index contributed by atoms with van der Waals surface area (Å²) in [4.78, 5) is 19.7. The molecule has 0 radical (unpaired) electrons. The molecule has 0 unspecified atom stereocenters. The predicted octanol–water partition coefficient (Wildman–Crippen LogP) is 4.22. The van der Waals surface area contributed by atoms with Crippen LogP contribution in [-0.2, 0) is 6.42 Å². The summed E-state index contributed by atoms with van der Waals surface area (Å²) in [5, 5.41) is 0.569. The fraction of sp³-hybridized carbons (Fsp3) is 0.130. The summed E-state index contributed by atoms with van der Waals surface area (Å²) >= 11 is 0. The van der Waals surface area contributed by atoms with Crippen molar-refractivity contribution >= 4 is 10.9 Å². The maximum Gasteiger partial charge on any atom is 0.259 e. The summed E-state index contributed by atoms with van der Waals surface area (Å²) in [6.45, 7) is 0.546. The molecule has 4 aromatic rings. The molecule has 1 aromatic heterocycles. The van der Waals surface area contributed by atoms with Crippen LogP contribution in [0.2, 0.25) is 0 Å². The normalized spacial score (nSPS) is 10.8. The second-order valence-corrected chi connectivity index (χ2v) is 6.38. The molecule has 0 saturated heterocycles. The summed E-state index contributed by atoms with van der Waals surface area (Å²) in [6, 6.07) is 23.0. The van der Waals surface area contributed by atoms with Gasteiger partial charge in [-0.05, 0) is 35.9 Å². The quantitative estimate of drug-likeness (QED) is 0.550. The fourth-order valence-electron chi connectivity index (χ4n) is 3.08. The van der Waals surface area contributed by atoms with Crippen molar-refractivity contribution < 1.29 is 9.47 Å². The summed E-state index contributed by atoms with van der Waals surface area (Å²) in [5.74, 6) is 1.75. The first kappa shape index (κ1) is 17.8. The second-order valence-electron chi connectivity index (χ2n) is 6.38. The van der Waals surface area contributed by atoms with E-state index >= 15 is 0 Å². The summed E-state index contributed by atoms with van der Waals surface area (Å²) < 4.78 is 11.4. The van der Waals surface area contributed by atoms with E-state index in [-0.39, 0.29) is 5.56 Å². The van der Waals surface area contributed by atoms with Crippen LogP contribution in [0.4, 0.5) is 0 Å². The number of para-hydroxylation sites is 1. The fourth-order valence-corrected chi connectivity index (χ4v) is 3.08. The highest BCUT2D eigenvalue weighted by Crippen LogP contribution is 2.31. The molecule has 0 saturated carbocycles. The van der Waals surface area contributed by atoms with Crippen molar-refractivity contribution in [2.75, 3.05) is 13.7 Å². The highest BCUT2D eigenvalue weighted by molar-refractivity contribution is 5.79. The lowest BCUT2D eigenvalue weighted by atomic mass is 10.1. The highest BCUT2D eigenvalue weighted by atomic mass is 16.5. The largest absolute Gasteiger partial charge is 0.493 e. The molecule has 0 spiro atoms. The minimum absolute atomic E-state index is 0.164. The van der Waals surface area contributed by atoms with Gasteiger partial charge >= 0.3 is 0 Å². The first-order valence-electron chi connectivity index (χ1n) is 9.09. The topological polar surface area (TPSA) is 64.2 Å². The van der Waals surface area contributed by atoms with Gasteiger partial charge in [-0.2, -0.15) is 0 Å². The third kappa shape index (κ3) is 3.74. The van der Waals surface area contributed by atoms with E-state index < -0.39 is 0 Å². The molecule has 140 valence electrons. The lowest BCUT2D eigenvalue weighted by Gasteiger charge is -2.12. The average molecular weight is 372 g/mol. The molecule has 5 heteroatoms. The predicted molar refractivity (Wildman–Crippen MR) is 110 cm³/mol. The Labute approximate surface area is 162 Å². The van der Waals surface area contributed by atoms with Gasteiger partial charge in [-0.3, -0.25) is 4.79 Å². The zero-order chi connectivity index (χ0) is 19.3. The van der Waals surface area contributed by atoms with E-state index in [0.717, 1.165) is 12.0 Å². The average Bonchev–Trinajstić information content (AvgIpc) is 2.74. The number of H-pyrrole nitrogens is 1. The Morgan fingerprint density at radius 3 is 2.54 bits per heavy atom. The number of fused-ring (bicyclic) bond motifs is 1. The number of rotatable bonds is 6. The molecule has 0 aliphatic rings. The smallest absolute Gasteiger partial charge is 0.259 e. The summed E-state index contributed by atoms with van der Waals surface area (Å²) in [5.41, 5.74) is 2.47. The van der Waals surface area contributed by atoms with Gasteiger partial charge < -0.3 is 14.5 Å². The maximum atomic E-state index is 12.3. The molecular weight excluding hydrogens is 352 g/mol. The number of hydrogen-bond donors (Lipinski definition) is 1. The maximum absolute atomic E-state index is 12.3. The van der Waals surface area contributed by atoms with Crippen molar-refractivity contribution in [3.05, 3.63) is 88.7 Å². The minimum atomic E-state index is -0.164. The van der Waals surface area contributed by atoms with Gasteiger partial charge in [-0.1, -0.05) is 42.5 Å². The SMILES string of the molecule is COc1cc(-c2nc3ccccc3c(=O)[nH]2)ccc1OCCc1ccccc1. The molecule has 28 heavy (non-hydrogen) atoms. The number of aromatic amines is 1. The lowest BCUT2D eigenvalue weighted by molar-refractivity contribution is 0.298. The van der Waals surface area contributed by atoms with Gasteiger partial charge in [0.1, 0.15) is 5.82 Å². The van der Waals surface area contributed by atoms with Crippen molar-refractivity contribution in [1.29, 1.82) is 0 Å². The van der Waals surface area contributed by atoms with Crippen molar-refractivity contribution in [2.45, 2.75) is 6.42 Å². The molecule has 0 atom stereocenters. The van der Waals surface area contributed by atoms with Crippen LogP contribution in [-0.4, -0.2) is 23.7 Å². The molecule has 0 aliphatic heterocycles. The minimum Gasteiger partial charge on any atom is -0.493 e. The van der Waals surface area contributed by atoms with E-state index in [0.29, 0.717) is 34.8 Å². The number of aromatic nitrogens is 2. The molecule has 4 rings (SSSR count). The van der Waals surface area contributed by atoms with Gasteiger partial charge in [0.25, 0.3) is 5.56 Å². The molecule has 0 bridgehead atoms. The molecule has 0 amide bonds. The zero-order valence-electron chi connectivity index (χ0n) is 15.5. The number of benzene rings is 3. The van der Waals surface area contributed by atoms with E-state index in [1.165, 1.54) is 5.56 Å². The number of nitrogens with zero attached hydrogens (tertiary/aromatic N) is 1. The van der Waals surface area contributed by atoms with Gasteiger partial charge in [-0.25, -0.2) is 4.98 Å². The standard InChI is InChI=1S/C23H20N2O3/c1-27-21-15-17(22-24-19-10-6-5-9-18(19)23(26)25-22)11-12-20(21)28-14-13-16-7-3-2-4-8-16/h2-12,15H,13-14H2,1H3,(H,24,25,26). The van der Waals surface area contributed by atoms with Gasteiger partial charge in [0.2, 0.25) is 0 Å². The molecule has 1 heterocycles. The van der Waals surface area contributed by atoms with Crippen LogP contribution in [0.15, 0.2) is 77.6 Å². The number of hydrogen-bond acceptors (Lipinski definition) is 4. The van der Waals surface area contributed by atoms with Crippen LogP contribution in [0, 0.1) is 0 Å². The third-order valence-electron chi connectivity index (χ3n) is 4.54. The van der Waals surface area contributed by atoms with Gasteiger partial charge in [0, 0.05) is 12.0 Å². The Hall–Kier alpha value is -3.60. The molecule has 5 nitrogen and oxygen atoms in total. The van der Waals surface area contributed by atoms with Crippen LogP contribution >= 0.6 is 0 Å². The zero-order valence-corrected chi connectivity index (χ0v) is 15.5. The van der Waals surface area contributed by atoms with E-state index in [9.17, 15) is 4.79 Å². The Morgan fingerprint density at radius 1 is 0.929 bits per heavy atom. The van der Waals surface area contributed by atoms with Crippen LogP contribution in [0.25, 0.3) is 22.3 Å². The Morgan fingerprint density at radius 2 is 1.71 bits per heavy atom. The first-order chi connectivity index (χ1) is 13.7. The molecule has 0 aliphatic carbocycles. The number of methoxy groups -OCH3 is 1. The number of nitrogens with one attached hydrogen (secondary N) is 1. The van der Waals surface area contributed by atoms with Crippen molar-refractivity contribution in [1.82, 2.24) is 9.97 Å². The highest BCUT2D eigenvalue weighted by Gasteiger charge is 2.10. The Bertz CT molecular complexity index is 1150. The van der Waals surface area contributed by atoms with E-state index in [2.05, 4.69) is 22.1 Å². The molecule has 0 fully saturated rings. The van der Waals surface area contributed by atoms with Gasteiger partial charge in [0.15, 0.2) is 11.5 Å². The third-order valence-corrected chi connectivity index (χ3v) is 4.54. The first-order valence-corrected chi connectivity index (χ1v) is 9.09. The molecule has 1 N–H and O–H groups in total. The van der Waals surface area contributed by atoms with Crippen molar-refractivity contribution in [3.8, 4) is 22.9 Å². The van der Waals surface area contributed by atoms with Crippen LogP contribution < -0.4 is 15.0 Å². The summed E-state index contributed by atoms with van der Waals surface area (Å²) in [6.07, 6.45) is 0.811. The van der Waals surface area contributed by atoms with Gasteiger partial charge in [-0.15, -0.1) is 0 Å². The van der Waals surface area contributed by atoms with E-state index in [1.54, 1.807) is 13.2 Å². The lowest BCUT2D eigenvalue weighted by Crippen LogP contribution is -2.09. The van der Waals surface area contributed by atoms with E-state index in [4.69, 9.17) is 9.47 Å². The van der Waals surface area contributed by atoms with E-state index in [1.807, 2.05) is 54.6 Å². The number of ether oxygens (including phenoxy) is 2. The van der Waals surface area contributed by atoms with Crippen LogP contribution in [0.5, 0.6) is 11.5 Å². The monoisotopic (exact) mass is 372 g/mol. The summed E-state index contributed by atoms with van der Waals surface area (Å²) in [7, 11) is 1.60. The van der Waals surface area contributed by atoms with Crippen molar-refractivity contribution in [3.63, 3.8) is 0 Å². The van der Waals surface area contributed by atoms with Gasteiger partial charge in [0.05, 0.1) is 24.6 Å². The van der Waals surface area contributed by atoms with Crippen molar-refractivity contribution in [2.24, 2.45) is 0 Å². The van der Waals surface area contributed by atoms with Crippen LogP contribution in [0.3, 0.4) is 0 Å². The second kappa shape index (κ2) is 7.96. The molecule has 3 aromatic carbocycles. The molecular formula is C23H20N2O3. The Kier molecular flexibility index (Phi) is 5.06. The van der Waals surface area contributed by atoms with Crippen LogP contribution in [0.1, 0.15) is 5.56 Å². The Balaban J connectivity index is 1.57.